The van der Waals surface area contributed by atoms with E-state index in [1.807, 2.05) is 6.92 Å². The van der Waals surface area contributed by atoms with Gasteiger partial charge >= 0.3 is 0 Å². The molecular formula is C11H17N3O2. The minimum Gasteiger partial charge on any atom is -0.340 e. The van der Waals surface area contributed by atoms with Gasteiger partial charge < -0.3 is 4.52 Å². The number of piperidine rings is 1. The molecule has 16 heavy (non-hydrogen) atoms. The third kappa shape index (κ3) is 2.14. The van der Waals surface area contributed by atoms with Gasteiger partial charge in [0.2, 0.25) is 5.89 Å². The molecule has 0 amide bonds. The second kappa shape index (κ2) is 4.33. The molecule has 1 aliphatic heterocycles. The van der Waals surface area contributed by atoms with Crippen molar-refractivity contribution in [1.29, 1.82) is 0 Å². The van der Waals surface area contributed by atoms with Crippen molar-refractivity contribution < 1.29 is 9.32 Å². The number of aromatic nitrogens is 2. The fourth-order valence-corrected chi connectivity index (χ4v) is 2.08. The summed E-state index contributed by atoms with van der Waals surface area (Å²) >= 11 is 0. The van der Waals surface area contributed by atoms with Gasteiger partial charge in [-0.25, -0.2) is 0 Å². The van der Waals surface area contributed by atoms with E-state index in [4.69, 9.17) is 4.52 Å². The van der Waals surface area contributed by atoms with Crippen molar-refractivity contribution in [2.24, 2.45) is 5.92 Å². The molecule has 1 aromatic heterocycles. The van der Waals surface area contributed by atoms with Gasteiger partial charge in [-0.05, 0) is 6.92 Å². The first-order valence-corrected chi connectivity index (χ1v) is 5.64. The monoisotopic (exact) mass is 223 g/mol. The highest BCUT2D eigenvalue weighted by molar-refractivity contribution is 5.82. The lowest BCUT2D eigenvalue weighted by molar-refractivity contribution is -0.128. The number of carbonyl (C=O) groups excluding carboxylic acids is 1. The molecule has 0 spiro atoms. The normalized spacial score (nSPS) is 27.3. The number of likely N-dealkylation sites (tertiary alicyclic amines) is 1. The van der Waals surface area contributed by atoms with Gasteiger partial charge in [-0.1, -0.05) is 12.1 Å². The molecule has 88 valence electrons. The quantitative estimate of drug-likeness (QED) is 0.753. The lowest BCUT2D eigenvalue weighted by atomic mass is 9.91. The van der Waals surface area contributed by atoms with Crippen molar-refractivity contribution in [2.45, 2.75) is 39.8 Å². The molecule has 0 N–H and O–H groups in total. The smallest absolute Gasteiger partial charge is 0.223 e. The van der Waals surface area contributed by atoms with E-state index in [9.17, 15) is 4.79 Å². The molecule has 1 aliphatic rings. The van der Waals surface area contributed by atoms with E-state index in [-0.39, 0.29) is 12.0 Å². The van der Waals surface area contributed by atoms with Gasteiger partial charge in [0.15, 0.2) is 5.82 Å². The molecule has 1 aromatic rings. The largest absolute Gasteiger partial charge is 0.340 e. The van der Waals surface area contributed by atoms with Crippen LogP contribution in [0.5, 0.6) is 0 Å². The van der Waals surface area contributed by atoms with Gasteiger partial charge in [0.25, 0.3) is 0 Å². The summed E-state index contributed by atoms with van der Waals surface area (Å²) in [5, 5.41) is 3.88. The lowest BCUT2D eigenvalue weighted by Gasteiger charge is -2.35. The summed E-state index contributed by atoms with van der Waals surface area (Å²) in [7, 11) is 0. The van der Waals surface area contributed by atoms with Gasteiger partial charge in [0.05, 0.1) is 6.54 Å². The number of Topliss-reactive ketones (excluding diaryl/α,β-unsaturated/α-hetero) is 1. The first-order valence-electron chi connectivity index (χ1n) is 5.64. The second-order valence-electron chi connectivity index (χ2n) is 4.45. The van der Waals surface area contributed by atoms with Crippen molar-refractivity contribution in [1.82, 2.24) is 15.0 Å². The third-order valence-electron chi connectivity index (χ3n) is 3.37. The predicted molar refractivity (Wildman–Crippen MR) is 57.7 cm³/mol. The van der Waals surface area contributed by atoms with Crippen molar-refractivity contribution in [3.8, 4) is 0 Å². The van der Waals surface area contributed by atoms with Crippen LogP contribution in [0.3, 0.4) is 0 Å². The van der Waals surface area contributed by atoms with E-state index >= 15 is 0 Å². The Kier molecular flexibility index (Phi) is 3.05. The predicted octanol–water partition coefficient (Wildman–Crippen LogP) is 1.18. The van der Waals surface area contributed by atoms with Crippen LogP contribution >= 0.6 is 0 Å². The van der Waals surface area contributed by atoms with Crippen LogP contribution in [0.2, 0.25) is 0 Å². The summed E-state index contributed by atoms with van der Waals surface area (Å²) in [6.45, 7) is 7.30. The van der Waals surface area contributed by atoms with Crippen LogP contribution in [0.15, 0.2) is 4.52 Å². The Morgan fingerprint density at radius 2 is 2.25 bits per heavy atom. The van der Waals surface area contributed by atoms with E-state index in [1.54, 1.807) is 6.92 Å². The Hall–Kier alpha value is -1.23. The van der Waals surface area contributed by atoms with Crippen LogP contribution in [0.1, 0.15) is 32.0 Å². The van der Waals surface area contributed by atoms with E-state index in [0.29, 0.717) is 30.5 Å². The fraction of sp³-hybridized carbons (Fsp3) is 0.727. The number of carbonyl (C=O) groups is 1. The van der Waals surface area contributed by atoms with Gasteiger partial charge in [-0.15, -0.1) is 0 Å². The van der Waals surface area contributed by atoms with E-state index in [0.717, 1.165) is 6.54 Å². The summed E-state index contributed by atoms with van der Waals surface area (Å²) in [4.78, 5) is 17.9. The molecule has 2 heterocycles. The molecular weight excluding hydrogens is 206 g/mol. The number of hydrogen-bond acceptors (Lipinski definition) is 5. The molecule has 1 saturated heterocycles. The van der Waals surface area contributed by atoms with Crippen LogP contribution in [0, 0.1) is 12.8 Å². The molecule has 0 aliphatic carbocycles. The van der Waals surface area contributed by atoms with Crippen molar-refractivity contribution in [2.75, 3.05) is 6.54 Å². The van der Waals surface area contributed by atoms with Crippen LogP contribution in [-0.2, 0) is 11.3 Å². The Bertz CT molecular complexity index is 388. The minimum absolute atomic E-state index is 0.0988. The summed E-state index contributed by atoms with van der Waals surface area (Å²) in [6.07, 6.45) is 0.627. The zero-order chi connectivity index (χ0) is 11.7. The average Bonchev–Trinajstić information content (AvgIpc) is 2.65. The Morgan fingerprint density at radius 3 is 2.88 bits per heavy atom. The number of ketones is 1. The minimum atomic E-state index is 0.0988. The van der Waals surface area contributed by atoms with Crippen molar-refractivity contribution >= 4 is 5.78 Å². The zero-order valence-electron chi connectivity index (χ0n) is 9.93. The highest BCUT2D eigenvalue weighted by atomic mass is 16.5. The first-order chi connectivity index (χ1) is 7.58. The van der Waals surface area contributed by atoms with E-state index < -0.39 is 0 Å². The summed E-state index contributed by atoms with van der Waals surface area (Å²) in [5.74, 6) is 1.74. The SMILES string of the molecule is Cc1nc(CN2CCC(=O)C(C)C2C)no1. The topological polar surface area (TPSA) is 59.2 Å². The zero-order valence-corrected chi connectivity index (χ0v) is 9.93. The third-order valence-corrected chi connectivity index (χ3v) is 3.37. The average molecular weight is 223 g/mol. The van der Waals surface area contributed by atoms with Crippen LogP contribution in [0.25, 0.3) is 0 Å². The molecule has 0 radical (unpaired) electrons. The van der Waals surface area contributed by atoms with Gasteiger partial charge in [0, 0.05) is 31.8 Å². The van der Waals surface area contributed by atoms with Crippen LogP contribution in [0.4, 0.5) is 0 Å². The standard InChI is InChI=1S/C11H17N3O2/c1-7-8(2)14(5-4-10(7)15)6-11-12-9(3)16-13-11/h7-8H,4-6H2,1-3H3. The Labute approximate surface area is 94.8 Å². The molecule has 2 rings (SSSR count). The summed E-state index contributed by atoms with van der Waals surface area (Å²) < 4.78 is 4.93. The van der Waals surface area contributed by atoms with Crippen LogP contribution < -0.4 is 0 Å². The molecule has 0 bridgehead atoms. The molecule has 0 aromatic carbocycles. The van der Waals surface area contributed by atoms with E-state index in [2.05, 4.69) is 22.0 Å². The fourth-order valence-electron chi connectivity index (χ4n) is 2.08. The molecule has 2 unspecified atom stereocenters. The number of hydrogen-bond donors (Lipinski definition) is 0. The van der Waals surface area contributed by atoms with E-state index in [1.165, 1.54) is 0 Å². The highest BCUT2D eigenvalue weighted by Gasteiger charge is 2.31. The number of rotatable bonds is 2. The number of nitrogens with zero attached hydrogens (tertiary/aromatic N) is 3. The maximum atomic E-state index is 11.5. The van der Waals surface area contributed by atoms with Crippen LogP contribution in [-0.4, -0.2) is 33.4 Å². The van der Waals surface area contributed by atoms with Gasteiger partial charge in [-0.3, -0.25) is 9.69 Å². The molecule has 5 nitrogen and oxygen atoms in total. The number of aryl methyl sites for hydroxylation is 1. The Morgan fingerprint density at radius 1 is 1.50 bits per heavy atom. The maximum Gasteiger partial charge on any atom is 0.223 e. The Balaban J connectivity index is 2.02. The van der Waals surface area contributed by atoms with Gasteiger partial charge in [0.1, 0.15) is 5.78 Å². The lowest BCUT2D eigenvalue weighted by Crippen LogP contribution is -2.46. The van der Waals surface area contributed by atoms with Crippen molar-refractivity contribution in [3.05, 3.63) is 11.7 Å². The maximum absolute atomic E-state index is 11.5. The molecule has 2 atom stereocenters. The van der Waals surface area contributed by atoms with Gasteiger partial charge in [-0.2, -0.15) is 4.98 Å². The highest BCUT2D eigenvalue weighted by Crippen LogP contribution is 2.21. The first kappa shape index (κ1) is 11.3. The molecule has 0 saturated carbocycles. The molecule has 5 heteroatoms. The second-order valence-corrected chi connectivity index (χ2v) is 4.45. The summed E-state index contributed by atoms with van der Waals surface area (Å²) in [6, 6.07) is 0.250. The summed E-state index contributed by atoms with van der Waals surface area (Å²) in [5.41, 5.74) is 0. The van der Waals surface area contributed by atoms with Crippen molar-refractivity contribution in [3.63, 3.8) is 0 Å². The molecule has 1 fully saturated rings.